The maximum Gasteiger partial charge on any atom is 0.325 e. The molecule has 5 nitrogen and oxygen atoms in total. The third-order valence-electron chi connectivity index (χ3n) is 3.58. The minimum absolute atomic E-state index is 0.333. The molecule has 100 valence electrons. The molecular formula is C12H25N3O2. The lowest BCUT2D eigenvalue weighted by molar-refractivity contribution is -0.146. The lowest BCUT2D eigenvalue weighted by atomic mass is 9.99. The average molecular weight is 243 g/mol. The molecule has 0 amide bonds. The molecule has 0 aromatic rings. The van der Waals surface area contributed by atoms with Gasteiger partial charge in [-0.05, 0) is 40.4 Å². The first-order valence-corrected chi connectivity index (χ1v) is 6.13. The Morgan fingerprint density at radius 3 is 2.71 bits per heavy atom. The van der Waals surface area contributed by atoms with Crippen molar-refractivity contribution >= 4 is 5.97 Å². The second-order valence-corrected chi connectivity index (χ2v) is 5.37. The molecule has 17 heavy (non-hydrogen) atoms. The van der Waals surface area contributed by atoms with E-state index in [2.05, 4.69) is 23.9 Å². The van der Waals surface area contributed by atoms with Gasteiger partial charge in [-0.2, -0.15) is 0 Å². The smallest absolute Gasteiger partial charge is 0.325 e. The molecule has 0 bridgehead atoms. The quantitative estimate of drug-likeness (QED) is 0.684. The van der Waals surface area contributed by atoms with Crippen LogP contribution in [0.3, 0.4) is 0 Å². The van der Waals surface area contributed by atoms with Crippen LogP contribution in [0.4, 0.5) is 0 Å². The number of methoxy groups -OCH3 is 1. The summed E-state index contributed by atoms with van der Waals surface area (Å²) >= 11 is 0. The zero-order valence-corrected chi connectivity index (χ0v) is 11.4. The van der Waals surface area contributed by atoms with E-state index in [1.807, 2.05) is 0 Å². The van der Waals surface area contributed by atoms with Gasteiger partial charge in [0.2, 0.25) is 0 Å². The molecule has 5 heteroatoms. The fourth-order valence-electron chi connectivity index (χ4n) is 2.16. The van der Waals surface area contributed by atoms with Crippen molar-refractivity contribution in [2.75, 3.05) is 40.8 Å². The Balaban J connectivity index is 2.35. The topological polar surface area (TPSA) is 58.8 Å². The van der Waals surface area contributed by atoms with E-state index in [4.69, 9.17) is 10.5 Å². The Morgan fingerprint density at radius 2 is 2.24 bits per heavy atom. The van der Waals surface area contributed by atoms with Gasteiger partial charge in [-0.15, -0.1) is 0 Å². The number of carbonyl (C=O) groups is 1. The number of esters is 1. The van der Waals surface area contributed by atoms with E-state index in [0.717, 1.165) is 19.6 Å². The minimum Gasteiger partial charge on any atom is -0.468 e. The number of hydrogen-bond donors (Lipinski definition) is 1. The normalized spacial score (nSPS) is 24.9. The molecule has 0 spiro atoms. The number of likely N-dealkylation sites (N-methyl/N-ethyl adjacent to an activating group) is 1. The zero-order valence-electron chi connectivity index (χ0n) is 11.4. The summed E-state index contributed by atoms with van der Waals surface area (Å²) in [6.07, 6.45) is 1.83. The highest BCUT2D eigenvalue weighted by Gasteiger charge is 2.31. The molecule has 2 N–H and O–H groups in total. The van der Waals surface area contributed by atoms with E-state index in [0.29, 0.717) is 12.5 Å². The molecule has 1 saturated heterocycles. The number of rotatable bonds is 5. The van der Waals surface area contributed by atoms with Crippen LogP contribution in [-0.4, -0.2) is 68.2 Å². The largest absolute Gasteiger partial charge is 0.468 e. The molecule has 0 aliphatic carbocycles. The molecule has 0 saturated carbocycles. The summed E-state index contributed by atoms with van der Waals surface area (Å²) in [5.41, 5.74) is 5.06. The van der Waals surface area contributed by atoms with Crippen LogP contribution in [0.5, 0.6) is 0 Å². The van der Waals surface area contributed by atoms with Crippen LogP contribution in [0.15, 0.2) is 0 Å². The first-order valence-electron chi connectivity index (χ1n) is 6.13. The van der Waals surface area contributed by atoms with Gasteiger partial charge in [-0.3, -0.25) is 4.79 Å². The minimum atomic E-state index is -0.870. The van der Waals surface area contributed by atoms with Crippen LogP contribution >= 0.6 is 0 Å². The third kappa shape index (κ3) is 3.94. The van der Waals surface area contributed by atoms with E-state index in [-0.39, 0.29) is 5.97 Å². The van der Waals surface area contributed by atoms with Crippen LogP contribution in [-0.2, 0) is 9.53 Å². The molecule has 0 radical (unpaired) electrons. The molecule has 1 heterocycles. The summed E-state index contributed by atoms with van der Waals surface area (Å²) in [4.78, 5) is 16.0. The number of nitrogens with two attached hydrogens (primary N) is 1. The molecule has 2 unspecified atom stereocenters. The van der Waals surface area contributed by atoms with Crippen molar-refractivity contribution in [1.82, 2.24) is 9.80 Å². The van der Waals surface area contributed by atoms with Gasteiger partial charge in [0.25, 0.3) is 0 Å². The first kappa shape index (κ1) is 14.4. The van der Waals surface area contributed by atoms with E-state index < -0.39 is 5.54 Å². The van der Waals surface area contributed by atoms with Crippen molar-refractivity contribution in [1.29, 1.82) is 0 Å². The summed E-state index contributed by atoms with van der Waals surface area (Å²) in [7, 11) is 5.59. The monoisotopic (exact) mass is 243 g/mol. The first-order chi connectivity index (χ1) is 7.86. The van der Waals surface area contributed by atoms with Crippen molar-refractivity contribution in [3.8, 4) is 0 Å². The molecule has 0 aromatic heterocycles. The highest BCUT2D eigenvalue weighted by atomic mass is 16.5. The van der Waals surface area contributed by atoms with Gasteiger partial charge in [0.1, 0.15) is 5.54 Å². The summed E-state index contributed by atoms with van der Waals surface area (Å²) in [5, 5.41) is 0. The zero-order chi connectivity index (χ0) is 13.1. The lowest BCUT2D eigenvalue weighted by Crippen LogP contribution is -2.48. The van der Waals surface area contributed by atoms with Gasteiger partial charge in [-0.1, -0.05) is 0 Å². The highest BCUT2D eigenvalue weighted by molar-refractivity contribution is 5.79. The van der Waals surface area contributed by atoms with Gasteiger partial charge in [-0.25, -0.2) is 0 Å². The molecule has 1 aliphatic heterocycles. The number of ether oxygens (including phenoxy) is 1. The molecule has 1 fully saturated rings. The van der Waals surface area contributed by atoms with Gasteiger partial charge in [0.05, 0.1) is 7.11 Å². The summed E-state index contributed by atoms with van der Waals surface area (Å²) in [6.45, 7) is 4.73. The van der Waals surface area contributed by atoms with E-state index in [9.17, 15) is 4.79 Å². The van der Waals surface area contributed by atoms with E-state index in [1.54, 1.807) is 6.92 Å². The van der Waals surface area contributed by atoms with Crippen molar-refractivity contribution in [3.05, 3.63) is 0 Å². The van der Waals surface area contributed by atoms with Crippen LogP contribution in [0.25, 0.3) is 0 Å². The lowest BCUT2D eigenvalue weighted by Gasteiger charge is -2.25. The Bertz CT molecular complexity index is 266. The number of nitrogens with zero attached hydrogens (tertiary/aromatic N) is 2. The van der Waals surface area contributed by atoms with Gasteiger partial charge < -0.3 is 20.3 Å². The van der Waals surface area contributed by atoms with Crippen molar-refractivity contribution in [3.63, 3.8) is 0 Å². The maximum absolute atomic E-state index is 11.4. The molecule has 2 atom stereocenters. The molecule has 1 rings (SSSR count). The Morgan fingerprint density at radius 1 is 1.59 bits per heavy atom. The maximum atomic E-state index is 11.4. The molecule has 0 aromatic carbocycles. The summed E-state index contributed by atoms with van der Waals surface area (Å²) in [6, 6.07) is 0.622. The standard InChI is InChI=1S/C12H25N3O2/c1-12(13,11(16)17-4)6-8-15-7-5-10(9-15)14(2)3/h10H,5-9,13H2,1-4H3. The third-order valence-corrected chi connectivity index (χ3v) is 3.58. The van der Waals surface area contributed by atoms with Crippen molar-refractivity contribution in [2.45, 2.75) is 31.3 Å². The second kappa shape index (κ2) is 5.80. The van der Waals surface area contributed by atoms with Crippen molar-refractivity contribution in [2.24, 2.45) is 5.73 Å². The number of hydrogen-bond acceptors (Lipinski definition) is 5. The van der Waals surface area contributed by atoms with Crippen molar-refractivity contribution < 1.29 is 9.53 Å². The molecule has 1 aliphatic rings. The predicted octanol–water partition coefficient (Wildman–Crippen LogP) is -0.0972. The second-order valence-electron chi connectivity index (χ2n) is 5.37. The van der Waals surface area contributed by atoms with Gasteiger partial charge in [0, 0.05) is 19.1 Å². The van der Waals surface area contributed by atoms with Crippen LogP contribution < -0.4 is 5.73 Å². The predicted molar refractivity (Wildman–Crippen MR) is 67.8 cm³/mol. The van der Waals surface area contributed by atoms with Gasteiger partial charge >= 0.3 is 5.97 Å². The average Bonchev–Trinajstić information content (AvgIpc) is 2.74. The fraction of sp³-hybridized carbons (Fsp3) is 0.917. The highest BCUT2D eigenvalue weighted by Crippen LogP contribution is 2.16. The van der Waals surface area contributed by atoms with Crippen LogP contribution in [0, 0.1) is 0 Å². The Kier molecular flexibility index (Phi) is 4.91. The Labute approximate surface area is 104 Å². The Hall–Kier alpha value is -0.650. The van der Waals surface area contributed by atoms with E-state index in [1.165, 1.54) is 13.5 Å². The summed E-state index contributed by atoms with van der Waals surface area (Å²) < 4.78 is 4.70. The van der Waals surface area contributed by atoms with Gasteiger partial charge in [0.15, 0.2) is 0 Å². The fourth-order valence-corrected chi connectivity index (χ4v) is 2.16. The van der Waals surface area contributed by atoms with Crippen LogP contribution in [0.1, 0.15) is 19.8 Å². The SMILES string of the molecule is COC(=O)C(C)(N)CCN1CCC(N(C)C)C1. The number of likely N-dealkylation sites (tertiary alicyclic amines) is 1. The molecular weight excluding hydrogens is 218 g/mol. The van der Waals surface area contributed by atoms with E-state index >= 15 is 0 Å². The van der Waals surface area contributed by atoms with Crippen LogP contribution in [0.2, 0.25) is 0 Å². The number of carbonyl (C=O) groups excluding carboxylic acids is 1. The summed E-state index contributed by atoms with van der Waals surface area (Å²) in [5.74, 6) is -0.333.